The number of hydrogen-bond acceptors (Lipinski definition) is 4. The van der Waals surface area contributed by atoms with Crippen molar-refractivity contribution in [1.29, 1.82) is 0 Å². The van der Waals surface area contributed by atoms with E-state index < -0.39 is 0 Å². The largest absolute Gasteiger partial charge is 0.378 e. The molecule has 2 rings (SSSR count). The average Bonchev–Trinajstić information content (AvgIpc) is 3.25. The van der Waals surface area contributed by atoms with Crippen LogP contribution in [0.3, 0.4) is 0 Å². The summed E-state index contributed by atoms with van der Waals surface area (Å²) in [5.74, 6) is -0.467. The van der Waals surface area contributed by atoms with Gasteiger partial charge in [-0.15, -0.1) is 0 Å². The van der Waals surface area contributed by atoms with E-state index >= 15 is 0 Å². The molecule has 2 amide bonds. The molecule has 1 fully saturated rings. The molecule has 6 heteroatoms. The van der Waals surface area contributed by atoms with Crippen molar-refractivity contribution in [3.8, 4) is 0 Å². The second-order valence-electron chi connectivity index (χ2n) is 4.92. The lowest BCUT2D eigenvalue weighted by Crippen LogP contribution is -2.30. The normalized spacial score (nSPS) is 19.9. The number of carbonyl (C=O) groups excluding carboxylic acids is 2. The van der Waals surface area contributed by atoms with Crippen LogP contribution in [0.1, 0.15) is 23.7 Å². The number of benzene rings is 1. The Balaban J connectivity index is 2.00. The standard InChI is InChI=1S/C15H21N3O3/c1-2-21-13-9-11(13)15(20)18-12-6-4-3-5-10(12)14(19)17-8-7-16/h3-6,11,13H,2,7-9,16H2,1H3,(H,17,19)(H,18,20). The van der Waals surface area contributed by atoms with Gasteiger partial charge < -0.3 is 21.1 Å². The van der Waals surface area contributed by atoms with E-state index in [-0.39, 0.29) is 23.8 Å². The second kappa shape index (κ2) is 7.19. The Morgan fingerprint density at radius 3 is 2.86 bits per heavy atom. The van der Waals surface area contributed by atoms with Crippen LogP contribution in [0.25, 0.3) is 0 Å². The number of rotatable bonds is 7. The summed E-state index contributed by atoms with van der Waals surface area (Å²) in [5, 5.41) is 5.50. The van der Waals surface area contributed by atoms with E-state index in [1.54, 1.807) is 24.3 Å². The van der Waals surface area contributed by atoms with Gasteiger partial charge in [0.05, 0.1) is 23.3 Å². The highest BCUT2D eigenvalue weighted by molar-refractivity contribution is 6.04. The summed E-state index contributed by atoms with van der Waals surface area (Å²) in [5.41, 5.74) is 6.32. The Bertz CT molecular complexity index is 519. The van der Waals surface area contributed by atoms with Crippen molar-refractivity contribution in [2.45, 2.75) is 19.4 Å². The predicted octanol–water partition coefficient (Wildman–Crippen LogP) is 0.739. The van der Waals surface area contributed by atoms with Gasteiger partial charge in [0.25, 0.3) is 5.91 Å². The molecule has 21 heavy (non-hydrogen) atoms. The number of hydrogen-bond donors (Lipinski definition) is 3. The van der Waals surface area contributed by atoms with E-state index in [1.807, 2.05) is 6.92 Å². The summed E-state index contributed by atoms with van der Waals surface area (Å²) in [4.78, 5) is 24.1. The second-order valence-corrected chi connectivity index (χ2v) is 4.92. The molecule has 1 aliphatic rings. The molecule has 1 aromatic rings. The molecule has 0 spiro atoms. The summed E-state index contributed by atoms with van der Waals surface area (Å²) in [7, 11) is 0. The molecule has 0 aliphatic heterocycles. The molecule has 6 nitrogen and oxygen atoms in total. The molecule has 4 N–H and O–H groups in total. The van der Waals surface area contributed by atoms with Gasteiger partial charge in [-0.2, -0.15) is 0 Å². The fourth-order valence-corrected chi connectivity index (χ4v) is 2.14. The van der Waals surface area contributed by atoms with Crippen molar-refractivity contribution >= 4 is 17.5 Å². The fourth-order valence-electron chi connectivity index (χ4n) is 2.14. The first-order chi connectivity index (χ1) is 10.2. The summed E-state index contributed by atoms with van der Waals surface area (Å²) < 4.78 is 5.40. The van der Waals surface area contributed by atoms with Gasteiger partial charge in [-0.3, -0.25) is 9.59 Å². The molecule has 0 radical (unpaired) electrons. The molecular weight excluding hydrogens is 270 g/mol. The molecule has 0 bridgehead atoms. The van der Waals surface area contributed by atoms with Crippen LogP contribution in [0.5, 0.6) is 0 Å². The van der Waals surface area contributed by atoms with Gasteiger partial charge in [-0.25, -0.2) is 0 Å². The third kappa shape index (κ3) is 4.03. The minimum atomic E-state index is -0.242. The van der Waals surface area contributed by atoms with E-state index in [9.17, 15) is 9.59 Å². The number of amides is 2. The van der Waals surface area contributed by atoms with Crippen molar-refractivity contribution in [3.63, 3.8) is 0 Å². The zero-order valence-electron chi connectivity index (χ0n) is 12.1. The Morgan fingerprint density at radius 1 is 1.38 bits per heavy atom. The van der Waals surface area contributed by atoms with Crippen LogP contribution in [-0.4, -0.2) is 37.6 Å². The molecule has 1 aliphatic carbocycles. The van der Waals surface area contributed by atoms with Crippen LogP contribution in [-0.2, 0) is 9.53 Å². The molecule has 0 aromatic heterocycles. The van der Waals surface area contributed by atoms with Crippen LogP contribution in [0, 0.1) is 5.92 Å². The molecule has 2 atom stereocenters. The van der Waals surface area contributed by atoms with E-state index in [0.717, 1.165) is 6.42 Å². The van der Waals surface area contributed by atoms with Gasteiger partial charge in [0, 0.05) is 19.7 Å². The van der Waals surface area contributed by atoms with Crippen LogP contribution in [0.15, 0.2) is 24.3 Å². The highest BCUT2D eigenvalue weighted by Crippen LogP contribution is 2.35. The van der Waals surface area contributed by atoms with Crippen molar-refractivity contribution < 1.29 is 14.3 Å². The lowest BCUT2D eigenvalue weighted by Gasteiger charge is -2.11. The Hall–Kier alpha value is -1.92. The zero-order chi connectivity index (χ0) is 15.2. The minimum Gasteiger partial charge on any atom is -0.378 e. The lowest BCUT2D eigenvalue weighted by molar-refractivity contribution is -0.118. The van der Waals surface area contributed by atoms with Gasteiger partial charge in [-0.05, 0) is 25.5 Å². The van der Waals surface area contributed by atoms with Crippen LogP contribution >= 0.6 is 0 Å². The van der Waals surface area contributed by atoms with Crippen LogP contribution < -0.4 is 16.4 Å². The first-order valence-corrected chi connectivity index (χ1v) is 7.17. The number of nitrogens with two attached hydrogens (primary N) is 1. The molecule has 114 valence electrons. The maximum Gasteiger partial charge on any atom is 0.253 e. The maximum atomic E-state index is 12.1. The van der Waals surface area contributed by atoms with Crippen LogP contribution in [0.4, 0.5) is 5.69 Å². The first-order valence-electron chi connectivity index (χ1n) is 7.17. The number of para-hydroxylation sites is 1. The van der Waals surface area contributed by atoms with Gasteiger partial charge in [0.2, 0.25) is 5.91 Å². The highest BCUT2D eigenvalue weighted by Gasteiger charge is 2.44. The lowest BCUT2D eigenvalue weighted by atomic mass is 10.1. The average molecular weight is 291 g/mol. The predicted molar refractivity (Wildman–Crippen MR) is 80.0 cm³/mol. The number of anilines is 1. The Kier molecular flexibility index (Phi) is 5.30. The minimum absolute atomic E-state index is 0.00762. The third-order valence-electron chi connectivity index (χ3n) is 3.31. The Labute approximate surface area is 124 Å². The van der Waals surface area contributed by atoms with Crippen molar-refractivity contribution in [1.82, 2.24) is 5.32 Å². The summed E-state index contributed by atoms with van der Waals surface area (Å²) in [6.07, 6.45) is 0.745. The molecular formula is C15H21N3O3. The smallest absolute Gasteiger partial charge is 0.253 e. The van der Waals surface area contributed by atoms with Crippen molar-refractivity contribution in [2.75, 3.05) is 25.0 Å². The summed E-state index contributed by atoms with van der Waals surface area (Å²) in [6, 6.07) is 6.93. The van der Waals surface area contributed by atoms with Crippen molar-refractivity contribution in [2.24, 2.45) is 11.7 Å². The number of ether oxygens (including phenoxy) is 1. The van der Waals surface area contributed by atoms with E-state index in [4.69, 9.17) is 10.5 Å². The molecule has 1 aromatic carbocycles. The highest BCUT2D eigenvalue weighted by atomic mass is 16.5. The molecule has 0 heterocycles. The molecule has 2 unspecified atom stereocenters. The number of carbonyl (C=O) groups is 2. The topological polar surface area (TPSA) is 93.4 Å². The van der Waals surface area contributed by atoms with E-state index in [1.165, 1.54) is 0 Å². The van der Waals surface area contributed by atoms with E-state index in [0.29, 0.717) is 30.9 Å². The number of nitrogens with one attached hydrogen (secondary N) is 2. The Morgan fingerprint density at radius 2 is 2.14 bits per heavy atom. The van der Waals surface area contributed by atoms with Gasteiger partial charge in [0.15, 0.2) is 0 Å². The first kappa shape index (κ1) is 15.5. The zero-order valence-corrected chi connectivity index (χ0v) is 12.1. The molecule has 1 saturated carbocycles. The quantitative estimate of drug-likeness (QED) is 0.690. The van der Waals surface area contributed by atoms with E-state index in [2.05, 4.69) is 10.6 Å². The van der Waals surface area contributed by atoms with Gasteiger partial charge in [-0.1, -0.05) is 12.1 Å². The summed E-state index contributed by atoms with van der Waals surface area (Å²) in [6.45, 7) is 3.28. The SMILES string of the molecule is CCOC1CC1C(=O)Nc1ccccc1C(=O)NCCN. The van der Waals surface area contributed by atoms with Gasteiger partial charge >= 0.3 is 0 Å². The summed E-state index contributed by atoms with van der Waals surface area (Å²) >= 11 is 0. The van der Waals surface area contributed by atoms with Gasteiger partial charge in [0.1, 0.15) is 0 Å². The van der Waals surface area contributed by atoms with Crippen molar-refractivity contribution in [3.05, 3.63) is 29.8 Å². The fraction of sp³-hybridized carbons (Fsp3) is 0.467. The third-order valence-corrected chi connectivity index (χ3v) is 3.31. The maximum absolute atomic E-state index is 12.1. The molecule has 0 saturated heterocycles. The monoisotopic (exact) mass is 291 g/mol. The van der Waals surface area contributed by atoms with Crippen LogP contribution in [0.2, 0.25) is 0 Å².